The van der Waals surface area contributed by atoms with Crippen LogP contribution in [0.3, 0.4) is 0 Å². The van der Waals surface area contributed by atoms with E-state index >= 15 is 0 Å². The maximum absolute atomic E-state index is 7.34. The van der Waals surface area contributed by atoms with Gasteiger partial charge in [-0.3, -0.25) is 0 Å². The van der Waals surface area contributed by atoms with Crippen molar-refractivity contribution in [3.8, 4) is 0 Å². The fraction of sp³-hybridized carbons (Fsp3) is 0.0714. The topological polar surface area (TPSA) is 9.23 Å². The summed E-state index contributed by atoms with van der Waals surface area (Å²) in [5, 5.41) is 0. The monoisotopic (exact) mass is 530 g/mol. The van der Waals surface area contributed by atoms with Crippen LogP contribution in [0.4, 0.5) is 0 Å². The Bertz CT molecular complexity index is 1030. The van der Waals surface area contributed by atoms with Crippen LogP contribution >= 0.6 is 31.9 Å². The highest BCUT2D eigenvalue weighted by molar-refractivity contribution is 9.14. The molecule has 0 aliphatic carbocycles. The van der Waals surface area contributed by atoms with Gasteiger partial charge in [0.1, 0.15) is 0 Å². The summed E-state index contributed by atoms with van der Waals surface area (Å²) in [6.07, 6.45) is 0. The molecule has 0 radical (unpaired) electrons. The third-order valence-corrected chi connectivity index (χ3v) is 8.28. The minimum atomic E-state index is -0.799. The lowest BCUT2D eigenvalue weighted by molar-refractivity contribution is -0.0537. The van der Waals surface area contributed by atoms with Crippen molar-refractivity contribution in [1.82, 2.24) is 0 Å². The summed E-state index contributed by atoms with van der Waals surface area (Å²) in [7, 11) is 0. The molecule has 1 nitrogen and oxygen atoms in total. The smallest absolute Gasteiger partial charge is 0.153 e. The second kappa shape index (κ2) is 8.23. The standard InChI is InChI=1S/C28H20Br2O/c29-25-26(30)28(23-17-9-3-10-18-23,24-19-11-4-12-20-24)31-27(25,21-13-5-1-6-14-21)22-15-7-2-8-16-22/h1-20H. The van der Waals surface area contributed by atoms with Crippen LogP contribution in [-0.2, 0) is 15.9 Å². The van der Waals surface area contributed by atoms with Gasteiger partial charge < -0.3 is 4.74 Å². The van der Waals surface area contributed by atoms with Crippen LogP contribution in [0.25, 0.3) is 0 Å². The Morgan fingerprint density at radius 3 is 0.839 bits per heavy atom. The Morgan fingerprint density at radius 1 is 0.387 bits per heavy atom. The number of ether oxygens (including phenoxy) is 1. The molecule has 3 heteroatoms. The van der Waals surface area contributed by atoms with Crippen LogP contribution < -0.4 is 0 Å². The van der Waals surface area contributed by atoms with Crippen LogP contribution in [0.5, 0.6) is 0 Å². The quantitative estimate of drug-likeness (QED) is 0.260. The fourth-order valence-electron chi connectivity index (χ4n) is 4.40. The molecule has 5 rings (SSSR count). The van der Waals surface area contributed by atoms with Gasteiger partial charge in [0.25, 0.3) is 0 Å². The average Bonchev–Trinajstić information content (AvgIpc) is 3.10. The van der Waals surface area contributed by atoms with E-state index in [1.807, 2.05) is 24.3 Å². The molecule has 0 saturated heterocycles. The molecule has 1 aliphatic rings. The van der Waals surface area contributed by atoms with Gasteiger partial charge in [0, 0.05) is 8.96 Å². The van der Waals surface area contributed by atoms with E-state index in [9.17, 15) is 0 Å². The van der Waals surface area contributed by atoms with Crippen molar-refractivity contribution in [1.29, 1.82) is 0 Å². The largest absolute Gasteiger partial charge is 0.339 e. The molecule has 4 aromatic rings. The highest BCUT2D eigenvalue weighted by Crippen LogP contribution is 2.62. The van der Waals surface area contributed by atoms with Gasteiger partial charge in [-0.05, 0) is 22.3 Å². The lowest BCUT2D eigenvalue weighted by Gasteiger charge is -2.38. The van der Waals surface area contributed by atoms with E-state index in [-0.39, 0.29) is 0 Å². The zero-order chi connectivity index (χ0) is 21.3. The molecule has 0 atom stereocenters. The molecule has 4 aromatic carbocycles. The van der Waals surface area contributed by atoms with Gasteiger partial charge in [-0.25, -0.2) is 0 Å². The predicted molar refractivity (Wildman–Crippen MR) is 133 cm³/mol. The van der Waals surface area contributed by atoms with Crippen molar-refractivity contribution in [3.05, 3.63) is 153 Å². The van der Waals surface area contributed by atoms with E-state index < -0.39 is 11.2 Å². The zero-order valence-corrected chi connectivity index (χ0v) is 19.9. The Hall–Kier alpha value is -2.46. The molecule has 31 heavy (non-hydrogen) atoms. The Labute approximate surface area is 199 Å². The number of halogens is 2. The highest BCUT2D eigenvalue weighted by Gasteiger charge is 2.57. The van der Waals surface area contributed by atoms with Gasteiger partial charge in [-0.2, -0.15) is 0 Å². The summed E-state index contributed by atoms with van der Waals surface area (Å²) >= 11 is 7.96. The fourth-order valence-corrected chi connectivity index (χ4v) is 6.03. The normalized spacial score (nSPS) is 17.0. The maximum Gasteiger partial charge on any atom is 0.153 e. The Morgan fingerprint density at radius 2 is 0.613 bits per heavy atom. The summed E-state index contributed by atoms with van der Waals surface area (Å²) in [5.41, 5.74) is 2.68. The van der Waals surface area contributed by atoms with Crippen molar-refractivity contribution in [3.63, 3.8) is 0 Å². The van der Waals surface area contributed by atoms with Crippen LogP contribution in [0.1, 0.15) is 22.3 Å². The summed E-state index contributed by atoms with van der Waals surface area (Å²) in [5.74, 6) is 0. The van der Waals surface area contributed by atoms with E-state index in [1.165, 1.54) is 0 Å². The SMILES string of the molecule is BrC1=C(Br)C(c2ccccc2)(c2ccccc2)OC1(c1ccccc1)c1ccccc1. The second-order valence-electron chi connectivity index (χ2n) is 7.56. The molecule has 152 valence electrons. The number of hydrogen-bond donors (Lipinski definition) is 0. The van der Waals surface area contributed by atoms with Crippen LogP contribution in [-0.4, -0.2) is 0 Å². The van der Waals surface area contributed by atoms with Gasteiger partial charge in [0.2, 0.25) is 0 Å². The summed E-state index contributed by atoms with van der Waals surface area (Å²) < 4.78 is 9.26. The molecule has 0 spiro atoms. The minimum absolute atomic E-state index is 0.799. The first-order valence-electron chi connectivity index (χ1n) is 10.2. The molecular weight excluding hydrogens is 512 g/mol. The van der Waals surface area contributed by atoms with E-state index in [1.54, 1.807) is 0 Å². The van der Waals surface area contributed by atoms with E-state index in [4.69, 9.17) is 4.74 Å². The van der Waals surface area contributed by atoms with Crippen molar-refractivity contribution >= 4 is 31.9 Å². The lowest BCUT2D eigenvalue weighted by atomic mass is 9.86. The van der Waals surface area contributed by atoms with E-state index in [0.29, 0.717) is 0 Å². The van der Waals surface area contributed by atoms with Gasteiger partial charge in [-0.1, -0.05) is 153 Å². The summed E-state index contributed by atoms with van der Waals surface area (Å²) in [6, 6.07) is 41.6. The van der Waals surface area contributed by atoms with E-state index in [0.717, 1.165) is 31.2 Å². The van der Waals surface area contributed by atoms with Crippen molar-refractivity contribution < 1.29 is 4.74 Å². The summed E-state index contributed by atoms with van der Waals surface area (Å²) in [4.78, 5) is 0. The maximum atomic E-state index is 7.34. The first-order chi connectivity index (χ1) is 15.2. The molecular formula is C28H20Br2O. The number of hydrogen-bond acceptors (Lipinski definition) is 1. The van der Waals surface area contributed by atoms with Crippen molar-refractivity contribution in [2.75, 3.05) is 0 Å². The molecule has 0 bridgehead atoms. The first-order valence-corrected chi connectivity index (χ1v) is 11.8. The summed E-state index contributed by atoms with van der Waals surface area (Å²) in [6.45, 7) is 0. The Balaban J connectivity index is 1.85. The van der Waals surface area contributed by atoms with Crippen molar-refractivity contribution in [2.45, 2.75) is 11.2 Å². The van der Waals surface area contributed by atoms with Gasteiger partial charge in [0.15, 0.2) is 11.2 Å². The lowest BCUT2D eigenvalue weighted by Crippen LogP contribution is -2.36. The molecule has 0 fully saturated rings. The Kier molecular flexibility index (Phi) is 5.43. The third kappa shape index (κ3) is 3.15. The van der Waals surface area contributed by atoms with Crippen molar-refractivity contribution in [2.24, 2.45) is 0 Å². The van der Waals surface area contributed by atoms with Gasteiger partial charge in [0.05, 0.1) is 0 Å². The number of benzene rings is 4. The molecule has 1 aliphatic heterocycles. The van der Waals surface area contributed by atoms with Gasteiger partial charge in [-0.15, -0.1) is 0 Å². The first kappa shape index (κ1) is 20.4. The van der Waals surface area contributed by atoms with E-state index in [2.05, 4.69) is 129 Å². The zero-order valence-electron chi connectivity index (χ0n) is 16.7. The molecule has 0 saturated carbocycles. The third-order valence-electron chi connectivity index (χ3n) is 5.84. The minimum Gasteiger partial charge on any atom is -0.339 e. The van der Waals surface area contributed by atoms with Crippen LogP contribution in [0.2, 0.25) is 0 Å². The molecule has 0 unspecified atom stereocenters. The highest BCUT2D eigenvalue weighted by atomic mass is 79.9. The molecule has 0 N–H and O–H groups in total. The molecule has 1 heterocycles. The second-order valence-corrected chi connectivity index (χ2v) is 9.14. The van der Waals surface area contributed by atoms with Crippen LogP contribution in [0.15, 0.2) is 130 Å². The molecule has 0 aromatic heterocycles. The van der Waals surface area contributed by atoms with Gasteiger partial charge >= 0.3 is 0 Å². The number of rotatable bonds is 4. The van der Waals surface area contributed by atoms with Crippen LogP contribution in [0, 0.1) is 0 Å². The predicted octanol–water partition coefficient (Wildman–Crippen LogP) is 7.91. The average molecular weight is 532 g/mol. The molecule has 0 amide bonds.